The maximum atomic E-state index is 12.1. The Kier molecular flexibility index (Phi) is 5.41. The minimum Gasteiger partial charge on any atom is -0.378 e. The lowest BCUT2D eigenvalue weighted by Gasteiger charge is -2.11. The molecule has 2 amide bonds. The van der Waals surface area contributed by atoms with Crippen LogP contribution in [0.15, 0.2) is 30.3 Å². The molecular weight excluding hydrogens is 322 g/mol. The van der Waals surface area contributed by atoms with Crippen LogP contribution >= 0.6 is 11.3 Å². The van der Waals surface area contributed by atoms with Crippen molar-refractivity contribution < 1.29 is 9.59 Å². The van der Waals surface area contributed by atoms with Crippen LogP contribution in [0.2, 0.25) is 0 Å². The second-order valence-electron chi connectivity index (χ2n) is 5.66. The molecule has 1 heterocycles. The molecule has 126 valence electrons. The first kappa shape index (κ1) is 17.7. The van der Waals surface area contributed by atoms with E-state index in [4.69, 9.17) is 5.73 Å². The molecule has 24 heavy (non-hydrogen) atoms. The molecule has 2 aromatic rings. The van der Waals surface area contributed by atoms with Crippen molar-refractivity contribution in [1.82, 2.24) is 0 Å². The van der Waals surface area contributed by atoms with Crippen LogP contribution in [0, 0.1) is 13.8 Å². The molecule has 0 aliphatic carbocycles. The molecular formula is C18H21N3O2S. The van der Waals surface area contributed by atoms with E-state index >= 15 is 0 Å². The quantitative estimate of drug-likeness (QED) is 0.819. The molecule has 5 nitrogen and oxygen atoms in total. The van der Waals surface area contributed by atoms with E-state index in [9.17, 15) is 9.59 Å². The molecule has 0 radical (unpaired) electrons. The third-order valence-electron chi connectivity index (χ3n) is 3.71. The SMILES string of the molecule is Cc1sc(NC(=O)/C=C/c2ccc(N(C)C)cc2)c(C(N)=O)c1C. The van der Waals surface area contributed by atoms with Crippen LogP contribution in [0.1, 0.15) is 26.4 Å². The maximum Gasteiger partial charge on any atom is 0.251 e. The second-order valence-corrected chi connectivity index (χ2v) is 6.88. The van der Waals surface area contributed by atoms with Crippen molar-refractivity contribution >= 4 is 39.9 Å². The molecule has 6 heteroatoms. The monoisotopic (exact) mass is 343 g/mol. The number of rotatable bonds is 5. The van der Waals surface area contributed by atoms with Gasteiger partial charge in [0, 0.05) is 30.7 Å². The van der Waals surface area contributed by atoms with E-state index in [0.29, 0.717) is 10.6 Å². The summed E-state index contributed by atoms with van der Waals surface area (Å²) >= 11 is 1.35. The van der Waals surface area contributed by atoms with Crippen LogP contribution < -0.4 is 16.0 Å². The van der Waals surface area contributed by atoms with Crippen molar-refractivity contribution in [2.45, 2.75) is 13.8 Å². The Morgan fingerprint density at radius 2 is 1.79 bits per heavy atom. The van der Waals surface area contributed by atoms with Crippen molar-refractivity contribution in [3.05, 3.63) is 51.9 Å². The summed E-state index contributed by atoms with van der Waals surface area (Å²) in [5, 5.41) is 3.23. The third kappa shape index (κ3) is 4.02. The summed E-state index contributed by atoms with van der Waals surface area (Å²) in [7, 11) is 3.94. The molecule has 2 rings (SSSR count). The topological polar surface area (TPSA) is 75.4 Å². The number of anilines is 2. The normalized spacial score (nSPS) is 10.8. The number of benzene rings is 1. The third-order valence-corrected chi connectivity index (χ3v) is 4.83. The number of primary amides is 1. The van der Waals surface area contributed by atoms with E-state index < -0.39 is 5.91 Å². The summed E-state index contributed by atoms with van der Waals surface area (Å²) in [6, 6.07) is 7.84. The molecule has 0 spiro atoms. The molecule has 3 N–H and O–H groups in total. The summed E-state index contributed by atoms with van der Waals surface area (Å²) in [5.74, 6) is -0.828. The van der Waals surface area contributed by atoms with Crippen molar-refractivity contribution in [1.29, 1.82) is 0 Å². The summed E-state index contributed by atoms with van der Waals surface area (Å²) in [6.07, 6.45) is 3.17. The number of aryl methyl sites for hydroxylation is 1. The van der Waals surface area contributed by atoms with Crippen LogP contribution in [0.4, 0.5) is 10.7 Å². The fourth-order valence-electron chi connectivity index (χ4n) is 2.22. The van der Waals surface area contributed by atoms with Gasteiger partial charge in [0.05, 0.1) is 5.56 Å². The van der Waals surface area contributed by atoms with Crippen molar-refractivity contribution in [3.63, 3.8) is 0 Å². The number of carbonyl (C=O) groups is 2. The van der Waals surface area contributed by atoms with Gasteiger partial charge < -0.3 is 16.0 Å². The van der Waals surface area contributed by atoms with Crippen LogP contribution in [0.5, 0.6) is 0 Å². The van der Waals surface area contributed by atoms with Gasteiger partial charge in [0.1, 0.15) is 5.00 Å². The summed E-state index contributed by atoms with van der Waals surface area (Å²) < 4.78 is 0. The molecule has 1 aromatic heterocycles. The van der Waals surface area contributed by atoms with Crippen molar-refractivity contribution in [2.24, 2.45) is 5.73 Å². The predicted molar refractivity (Wildman–Crippen MR) is 101 cm³/mol. The molecule has 0 aliphatic heterocycles. The van der Waals surface area contributed by atoms with Gasteiger partial charge in [-0.3, -0.25) is 9.59 Å². The van der Waals surface area contributed by atoms with E-state index in [-0.39, 0.29) is 5.91 Å². The fourth-order valence-corrected chi connectivity index (χ4v) is 3.29. The first-order valence-electron chi connectivity index (χ1n) is 7.46. The van der Waals surface area contributed by atoms with E-state index in [1.54, 1.807) is 6.08 Å². The number of amides is 2. The highest BCUT2D eigenvalue weighted by Gasteiger charge is 2.18. The smallest absolute Gasteiger partial charge is 0.251 e. The van der Waals surface area contributed by atoms with Crippen molar-refractivity contribution in [3.8, 4) is 0 Å². The van der Waals surface area contributed by atoms with E-state index in [2.05, 4.69) is 5.32 Å². The number of nitrogens with two attached hydrogens (primary N) is 1. The van der Waals surface area contributed by atoms with E-state index in [1.807, 2.05) is 57.1 Å². The standard InChI is InChI=1S/C18H21N3O2S/c1-11-12(2)24-18(16(11)17(19)23)20-15(22)10-7-13-5-8-14(9-6-13)21(3)4/h5-10H,1-4H3,(H2,19,23)(H,20,22)/b10-7+. The van der Waals surface area contributed by atoms with Gasteiger partial charge >= 0.3 is 0 Å². The van der Waals surface area contributed by atoms with Crippen LogP contribution in [0.25, 0.3) is 6.08 Å². The zero-order valence-electron chi connectivity index (χ0n) is 14.2. The van der Waals surface area contributed by atoms with Crippen molar-refractivity contribution in [2.75, 3.05) is 24.3 Å². The highest BCUT2D eigenvalue weighted by Crippen LogP contribution is 2.32. The Bertz CT molecular complexity index is 789. The Labute approximate surface area is 145 Å². The number of nitrogens with one attached hydrogen (secondary N) is 1. The Hall–Kier alpha value is -2.60. The van der Waals surface area contributed by atoms with Gasteiger partial charge in [-0.25, -0.2) is 0 Å². The lowest BCUT2D eigenvalue weighted by Crippen LogP contribution is -2.16. The molecule has 0 saturated heterocycles. The van der Waals surface area contributed by atoms with Gasteiger partial charge in [-0.05, 0) is 43.2 Å². The molecule has 0 saturated carbocycles. The highest BCUT2D eigenvalue weighted by molar-refractivity contribution is 7.16. The van der Waals surface area contributed by atoms with E-state index in [0.717, 1.165) is 21.7 Å². The first-order chi connectivity index (χ1) is 11.3. The summed E-state index contributed by atoms with van der Waals surface area (Å²) in [4.78, 5) is 26.6. The minimum atomic E-state index is -0.532. The first-order valence-corrected chi connectivity index (χ1v) is 8.27. The number of carbonyl (C=O) groups excluding carboxylic acids is 2. The number of hydrogen-bond donors (Lipinski definition) is 2. The Balaban J connectivity index is 2.11. The molecule has 0 unspecified atom stereocenters. The average Bonchev–Trinajstić information content (AvgIpc) is 2.80. The second kappa shape index (κ2) is 7.31. The zero-order chi connectivity index (χ0) is 17.9. The van der Waals surface area contributed by atoms with Gasteiger partial charge in [0.2, 0.25) is 5.91 Å². The fraction of sp³-hybridized carbons (Fsp3) is 0.222. The van der Waals surface area contributed by atoms with Gasteiger partial charge in [0.15, 0.2) is 0 Å². The lowest BCUT2D eigenvalue weighted by molar-refractivity contribution is -0.111. The maximum absolute atomic E-state index is 12.1. The molecule has 0 fully saturated rings. The Morgan fingerprint density at radius 3 is 2.33 bits per heavy atom. The minimum absolute atomic E-state index is 0.296. The molecule has 0 aliphatic rings. The van der Waals surface area contributed by atoms with Crippen LogP contribution in [0.3, 0.4) is 0 Å². The molecule has 1 aromatic carbocycles. The number of nitrogens with zero attached hydrogens (tertiary/aromatic N) is 1. The van der Waals surface area contributed by atoms with Crippen LogP contribution in [-0.4, -0.2) is 25.9 Å². The summed E-state index contributed by atoms with van der Waals surface area (Å²) in [5.41, 5.74) is 8.61. The van der Waals surface area contributed by atoms with Gasteiger partial charge in [0.25, 0.3) is 5.91 Å². The molecule has 0 atom stereocenters. The zero-order valence-corrected chi connectivity index (χ0v) is 15.0. The lowest BCUT2D eigenvalue weighted by atomic mass is 10.1. The van der Waals surface area contributed by atoms with Crippen LogP contribution in [-0.2, 0) is 4.79 Å². The van der Waals surface area contributed by atoms with Gasteiger partial charge in [-0.1, -0.05) is 12.1 Å². The largest absolute Gasteiger partial charge is 0.378 e. The van der Waals surface area contributed by atoms with Gasteiger partial charge in [-0.2, -0.15) is 0 Å². The summed E-state index contributed by atoms with van der Waals surface area (Å²) in [6.45, 7) is 3.72. The molecule has 0 bridgehead atoms. The number of thiophene rings is 1. The predicted octanol–water partition coefficient (Wildman–Crippen LogP) is 3.18. The van der Waals surface area contributed by atoms with E-state index in [1.165, 1.54) is 17.4 Å². The average molecular weight is 343 g/mol. The van der Waals surface area contributed by atoms with Gasteiger partial charge in [-0.15, -0.1) is 11.3 Å². The highest BCUT2D eigenvalue weighted by atomic mass is 32.1. The Morgan fingerprint density at radius 1 is 1.17 bits per heavy atom. The number of hydrogen-bond acceptors (Lipinski definition) is 4.